The second-order valence-corrected chi connectivity index (χ2v) is 4.59. The van der Waals surface area contributed by atoms with Crippen LogP contribution in [-0.2, 0) is 6.42 Å². The molecule has 0 saturated heterocycles. The second-order valence-electron chi connectivity index (χ2n) is 3.85. The lowest BCUT2D eigenvalue weighted by molar-refractivity contribution is 0.804. The van der Waals surface area contributed by atoms with Crippen molar-refractivity contribution in [1.29, 1.82) is 0 Å². The van der Waals surface area contributed by atoms with E-state index in [1.54, 1.807) is 0 Å². The lowest BCUT2D eigenvalue weighted by atomic mass is 10.1. The second kappa shape index (κ2) is 4.63. The van der Waals surface area contributed by atoms with E-state index in [9.17, 15) is 0 Å². The Morgan fingerprint density at radius 2 is 2.20 bits per heavy atom. The van der Waals surface area contributed by atoms with E-state index in [0.717, 1.165) is 18.4 Å². The highest BCUT2D eigenvalue weighted by atomic mass is 35.5. The molecule has 0 saturated carbocycles. The van der Waals surface area contributed by atoms with Gasteiger partial charge in [0.1, 0.15) is 0 Å². The summed E-state index contributed by atoms with van der Waals surface area (Å²) in [7, 11) is 0. The Bertz CT molecular complexity index is 451. The van der Waals surface area contributed by atoms with Gasteiger partial charge in [-0.15, -0.1) is 11.6 Å². The summed E-state index contributed by atoms with van der Waals surface area (Å²) in [5.74, 6) is 0. The Hall–Kier alpha value is -1.08. The number of pyridine rings is 1. The lowest BCUT2D eigenvalue weighted by Crippen LogP contribution is -1.94. The predicted molar refractivity (Wildman–Crippen MR) is 65.4 cm³/mol. The van der Waals surface area contributed by atoms with Crippen molar-refractivity contribution in [1.82, 2.24) is 4.98 Å². The van der Waals surface area contributed by atoms with Crippen LogP contribution in [0.1, 0.15) is 18.9 Å². The summed E-state index contributed by atoms with van der Waals surface area (Å²) >= 11 is 5.93. The van der Waals surface area contributed by atoms with Gasteiger partial charge in [0.25, 0.3) is 0 Å². The molecule has 0 bridgehead atoms. The molecule has 78 valence electrons. The van der Waals surface area contributed by atoms with Gasteiger partial charge in [-0.1, -0.05) is 12.1 Å². The Labute approximate surface area is 95.1 Å². The van der Waals surface area contributed by atoms with Crippen molar-refractivity contribution >= 4 is 22.5 Å². The third-order valence-electron chi connectivity index (χ3n) is 2.50. The molecular formula is C13H14ClN. The van der Waals surface area contributed by atoms with Crippen LogP contribution >= 0.6 is 11.6 Å². The first kappa shape index (κ1) is 10.4. The van der Waals surface area contributed by atoms with Crippen molar-refractivity contribution in [3.05, 3.63) is 42.1 Å². The summed E-state index contributed by atoms with van der Waals surface area (Å²) in [5.41, 5.74) is 2.39. The molecule has 0 fully saturated rings. The number of rotatable bonds is 3. The SMILES string of the molecule is CC(Cl)CCc1ccc2ncccc2c1. The van der Waals surface area contributed by atoms with E-state index in [2.05, 4.69) is 29.2 Å². The van der Waals surface area contributed by atoms with Crippen molar-refractivity contribution in [2.75, 3.05) is 0 Å². The molecule has 2 rings (SSSR count). The van der Waals surface area contributed by atoms with E-state index in [-0.39, 0.29) is 5.38 Å². The van der Waals surface area contributed by atoms with E-state index < -0.39 is 0 Å². The van der Waals surface area contributed by atoms with Crippen LogP contribution in [0.15, 0.2) is 36.5 Å². The Kier molecular flexibility index (Phi) is 3.22. The lowest BCUT2D eigenvalue weighted by Gasteiger charge is -2.04. The molecule has 0 aliphatic heterocycles. The molecule has 1 nitrogen and oxygen atoms in total. The van der Waals surface area contributed by atoms with Gasteiger partial charge in [0, 0.05) is 17.0 Å². The van der Waals surface area contributed by atoms with Gasteiger partial charge >= 0.3 is 0 Å². The highest BCUT2D eigenvalue weighted by Crippen LogP contribution is 2.15. The van der Waals surface area contributed by atoms with Gasteiger partial charge in [-0.2, -0.15) is 0 Å². The number of nitrogens with zero attached hydrogens (tertiary/aromatic N) is 1. The van der Waals surface area contributed by atoms with Crippen LogP contribution in [0.25, 0.3) is 10.9 Å². The van der Waals surface area contributed by atoms with Gasteiger partial charge < -0.3 is 0 Å². The third kappa shape index (κ3) is 2.69. The normalized spacial score (nSPS) is 12.9. The van der Waals surface area contributed by atoms with Gasteiger partial charge in [0.2, 0.25) is 0 Å². The van der Waals surface area contributed by atoms with Crippen LogP contribution in [0.2, 0.25) is 0 Å². The number of benzene rings is 1. The standard InChI is InChI=1S/C13H14ClN/c1-10(14)4-5-11-6-7-13-12(9-11)3-2-8-15-13/h2-3,6-10H,4-5H2,1H3. The first-order valence-electron chi connectivity index (χ1n) is 5.23. The van der Waals surface area contributed by atoms with E-state index in [1.165, 1.54) is 10.9 Å². The van der Waals surface area contributed by atoms with Gasteiger partial charge in [0.15, 0.2) is 0 Å². The Balaban J connectivity index is 2.23. The number of alkyl halides is 1. The molecule has 0 radical (unpaired) electrons. The summed E-state index contributed by atoms with van der Waals surface area (Å²) in [5, 5.41) is 1.45. The number of aromatic nitrogens is 1. The van der Waals surface area contributed by atoms with Crippen LogP contribution < -0.4 is 0 Å². The fourth-order valence-corrected chi connectivity index (χ4v) is 1.76. The van der Waals surface area contributed by atoms with Gasteiger partial charge in [-0.25, -0.2) is 0 Å². The molecule has 0 aliphatic rings. The van der Waals surface area contributed by atoms with Gasteiger partial charge in [-0.3, -0.25) is 4.98 Å². The van der Waals surface area contributed by atoms with Crippen LogP contribution in [-0.4, -0.2) is 10.4 Å². The highest BCUT2D eigenvalue weighted by Gasteiger charge is 2.00. The first-order valence-corrected chi connectivity index (χ1v) is 5.67. The fraction of sp³-hybridized carbons (Fsp3) is 0.308. The molecule has 1 aromatic heterocycles. The zero-order valence-corrected chi connectivity index (χ0v) is 9.54. The molecule has 0 amide bonds. The average molecular weight is 220 g/mol. The zero-order chi connectivity index (χ0) is 10.7. The largest absolute Gasteiger partial charge is 0.256 e. The van der Waals surface area contributed by atoms with Crippen molar-refractivity contribution in [3.63, 3.8) is 0 Å². The first-order chi connectivity index (χ1) is 7.25. The summed E-state index contributed by atoms with van der Waals surface area (Å²) in [6.45, 7) is 2.03. The molecule has 0 aliphatic carbocycles. The average Bonchev–Trinajstić information content (AvgIpc) is 2.26. The molecule has 15 heavy (non-hydrogen) atoms. The van der Waals surface area contributed by atoms with E-state index in [0.29, 0.717) is 0 Å². The van der Waals surface area contributed by atoms with Gasteiger partial charge in [-0.05, 0) is 43.5 Å². The summed E-state index contributed by atoms with van der Waals surface area (Å²) < 4.78 is 0. The van der Waals surface area contributed by atoms with Crippen molar-refractivity contribution in [3.8, 4) is 0 Å². The molecule has 0 N–H and O–H groups in total. The molecule has 1 unspecified atom stereocenters. The minimum absolute atomic E-state index is 0.245. The smallest absolute Gasteiger partial charge is 0.0702 e. The topological polar surface area (TPSA) is 12.9 Å². The number of hydrogen-bond donors (Lipinski definition) is 0. The van der Waals surface area contributed by atoms with E-state index in [4.69, 9.17) is 11.6 Å². The molecule has 1 heterocycles. The van der Waals surface area contributed by atoms with Crippen molar-refractivity contribution < 1.29 is 0 Å². The molecule has 2 heteroatoms. The summed E-state index contributed by atoms with van der Waals surface area (Å²) in [4.78, 5) is 4.29. The molecule has 1 atom stereocenters. The van der Waals surface area contributed by atoms with Crippen LogP contribution in [0.5, 0.6) is 0 Å². The molecule has 2 aromatic rings. The fourth-order valence-electron chi connectivity index (χ4n) is 1.65. The predicted octanol–water partition coefficient (Wildman–Crippen LogP) is 3.79. The maximum Gasteiger partial charge on any atom is 0.0702 e. The zero-order valence-electron chi connectivity index (χ0n) is 8.78. The van der Waals surface area contributed by atoms with Gasteiger partial charge in [0.05, 0.1) is 5.52 Å². The summed E-state index contributed by atoms with van der Waals surface area (Å²) in [6, 6.07) is 10.5. The number of halogens is 1. The third-order valence-corrected chi connectivity index (χ3v) is 2.72. The number of aryl methyl sites for hydroxylation is 1. The van der Waals surface area contributed by atoms with Crippen molar-refractivity contribution in [2.45, 2.75) is 25.1 Å². The van der Waals surface area contributed by atoms with Crippen LogP contribution in [0, 0.1) is 0 Å². The van der Waals surface area contributed by atoms with Crippen LogP contribution in [0.3, 0.4) is 0 Å². The van der Waals surface area contributed by atoms with E-state index >= 15 is 0 Å². The summed E-state index contributed by atoms with van der Waals surface area (Å²) in [6.07, 6.45) is 3.88. The number of fused-ring (bicyclic) bond motifs is 1. The minimum Gasteiger partial charge on any atom is -0.256 e. The maximum absolute atomic E-state index is 5.93. The van der Waals surface area contributed by atoms with Crippen LogP contribution in [0.4, 0.5) is 0 Å². The number of hydrogen-bond acceptors (Lipinski definition) is 1. The quantitative estimate of drug-likeness (QED) is 0.716. The van der Waals surface area contributed by atoms with E-state index in [1.807, 2.05) is 19.2 Å². The van der Waals surface area contributed by atoms with Crippen molar-refractivity contribution in [2.24, 2.45) is 0 Å². The highest BCUT2D eigenvalue weighted by molar-refractivity contribution is 6.20. The molecular weight excluding hydrogens is 206 g/mol. The Morgan fingerprint density at radius 3 is 3.00 bits per heavy atom. The maximum atomic E-state index is 5.93. The minimum atomic E-state index is 0.245. The Morgan fingerprint density at radius 1 is 1.33 bits per heavy atom. The molecule has 0 spiro atoms. The monoisotopic (exact) mass is 219 g/mol. The molecule has 1 aromatic carbocycles.